The highest BCUT2D eigenvalue weighted by Crippen LogP contribution is 2.21. The van der Waals surface area contributed by atoms with Gasteiger partial charge in [0.15, 0.2) is 0 Å². The Labute approximate surface area is 125 Å². The summed E-state index contributed by atoms with van der Waals surface area (Å²) in [4.78, 5) is 13.1. The van der Waals surface area contributed by atoms with Gasteiger partial charge in [0.05, 0.1) is 5.69 Å². The smallest absolute Gasteiger partial charge is 0.138 e. The van der Waals surface area contributed by atoms with Crippen molar-refractivity contribution in [1.82, 2.24) is 9.78 Å². The molecule has 0 aliphatic carbocycles. The third-order valence-corrected chi connectivity index (χ3v) is 5.00. The summed E-state index contributed by atoms with van der Waals surface area (Å²) >= 11 is 5.03. The van der Waals surface area contributed by atoms with Gasteiger partial charge in [-0.3, -0.25) is 9.48 Å². The van der Waals surface area contributed by atoms with Crippen molar-refractivity contribution < 1.29 is 4.79 Å². The average molecular weight is 341 g/mol. The molecule has 0 saturated carbocycles. The molecule has 5 heteroatoms. The molecule has 0 radical (unpaired) electrons. The molecule has 0 atom stereocenters. The second-order valence-corrected chi connectivity index (χ2v) is 6.63. The first-order valence-electron chi connectivity index (χ1n) is 6.21. The number of hydrogen-bond donors (Lipinski definition) is 0. The van der Waals surface area contributed by atoms with Gasteiger partial charge in [-0.25, -0.2) is 0 Å². The van der Waals surface area contributed by atoms with E-state index >= 15 is 0 Å². The van der Waals surface area contributed by atoms with Crippen LogP contribution in [-0.4, -0.2) is 15.6 Å². The van der Waals surface area contributed by atoms with Gasteiger partial charge in [0.2, 0.25) is 0 Å². The molecule has 0 unspecified atom stereocenters. The molecular formula is C14H17BrN2OS. The third kappa shape index (κ3) is 3.54. The fourth-order valence-corrected chi connectivity index (χ4v) is 3.65. The third-order valence-electron chi connectivity index (χ3n) is 3.31. The lowest BCUT2D eigenvalue weighted by atomic mass is 10.0. The Morgan fingerprint density at radius 2 is 2.21 bits per heavy atom. The molecule has 2 aromatic rings. The van der Waals surface area contributed by atoms with Crippen LogP contribution < -0.4 is 0 Å². The van der Waals surface area contributed by atoms with Crippen LogP contribution in [0.3, 0.4) is 0 Å². The van der Waals surface area contributed by atoms with Crippen molar-refractivity contribution >= 4 is 33.0 Å². The van der Waals surface area contributed by atoms with Crippen LogP contribution in [0.2, 0.25) is 0 Å². The van der Waals surface area contributed by atoms with Crippen molar-refractivity contribution in [1.29, 1.82) is 0 Å². The fraction of sp³-hybridized carbons (Fsp3) is 0.429. The molecule has 0 aliphatic heterocycles. The van der Waals surface area contributed by atoms with E-state index < -0.39 is 0 Å². The number of carbonyl (C=O) groups is 1. The van der Waals surface area contributed by atoms with Gasteiger partial charge in [-0.2, -0.15) is 5.10 Å². The van der Waals surface area contributed by atoms with Crippen molar-refractivity contribution in [3.8, 4) is 0 Å². The van der Waals surface area contributed by atoms with Gasteiger partial charge in [-0.05, 0) is 47.8 Å². The molecule has 102 valence electrons. The van der Waals surface area contributed by atoms with Gasteiger partial charge in [0, 0.05) is 40.3 Å². The number of thiophene rings is 1. The summed E-state index contributed by atoms with van der Waals surface area (Å²) in [6, 6.07) is 2.02. The lowest BCUT2D eigenvalue weighted by molar-refractivity contribution is -0.118. The lowest BCUT2D eigenvalue weighted by Gasteiger charge is -2.01. The van der Waals surface area contributed by atoms with E-state index in [2.05, 4.69) is 28.0 Å². The van der Waals surface area contributed by atoms with Crippen LogP contribution in [-0.2, 0) is 24.7 Å². The summed E-state index contributed by atoms with van der Waals surface area (Å²) in [6.07, 6.45) is 1.91. The summed E-state index contributed by atoms with van der Waals surface area (Å²) in [5.74, 6) is 0.289. The molecule has 0 aliphatic rings. The number of ketones is 1. The summed E-state index contributed by atoms with van der Waals surface area (Å²) in [5.41, 5.74) is 3.40. The monoisotopic (exact) mass is 340 g/mol. The van der Waals surface area contributed by atoms with E-state index in [1.165, 1.54) is 5.56 Å². The first kappa shape index (κ1) is 14.5. The van der Waals surface area contributed by atoms with Crippen LogP contribution in [0.1, 0.15) is 28.2 Å². The van der Waals surface area contributed by atoms with Gasteiger partial charge < -0.3 is 0 Å². The highest BCUT2D eigenvalue weighted by molar-refractivity contribution is 9.10. The van der Waals surface area contributed by atoms with E-state index in [4.69, 9.17) is 0 Å². The normalized spacial score (nSPS) is 10.9. The highest BCUT2D eigenvalue weighted by Gasteiger charge is 2.12. The summed E-state index contributed by atoms with van der Waals surface area (Å²) in [7, 11) is 1.94. The summed E-state index contributed by atoms with van der Waals surface area (Å²) in [6.45, 7) is 4.05. The molecule has 0 N–H and O–H groups in total. The average Bonchev–Trinajstić information content (AvgIpc) is 2.83. The topological polar surface area (TPSA) is 34.9 Å². The molecule has 2 aromatic heterocycles. The first-order chi connectivity index (χ1) is 8.97. The minimum absolute atomic E-state index is 0.289. The van der Waals surface area contributed by atoms with Crippen LogP contribution >= 0.6 is 27.3 Å². The maximum absolute atomic E-state index is 12.0. The number of carbonyl (C=O) groups excluding carboxylic acids is 1. The number of nitrogens with zero attached hydrogens (tertiary/aromatic N) is 2. The van der Waals surface area contributed by atoms with Crippen LogP contribution in [0.5, 0.6) is 0 Å². The van der Waals surface area contributed by atoms with E-state index in [1.807, 2.05) is 30.1 Å². The number of hydrogen-bond acceptors (Lipinski definition) is 3. The van der Waals surface area contributed by atoms with Crippen molar-refractivity contribution in [2.24, 2.45) is 7.05 Å². The van der Waals surface area contributed by atoms with Gasteiger partial charge in [-0.1, -0.05) is 0 Å². The second-order valence-electron chi connectivity index (χ2n) is 4.72. The molecule has 0 amide bonds. The van der Waals surface area contributed by atoms with Crippen LogP contribution in [0, 0.1) is 13.8 Å². The van der Waals surface area contributed by atoms with Gasteiger partial charge in [-0.15, -0.1) is 11.3 Å². The zero-order valence-corrected chi connectivity index (χ0v) is 13.8. The van der Waals surface area contributed by atoms with Crippen LogP contribution in [0.4, 0.5) is 0 Å². The number of halogens is 1. The number of Topliss-reactive ketones (excluding diaryl/α,β-unsaturated/α-hetero) is 1. The molecule has 0 saturated heterocycles. The fourth-order valence-electron chi connectivity index (χ4n) is 2.17. The highest BCUT2D eigenvalue weighted by atomic mass is 79.9. The predicted octanol–water partition coefficient (Wildman–Crippen LogP) is 3.61. The first-order valence-corrected chi connectivity index (χ1v) is 7.88. The molecule has 2 heterocycles. The zero-order chi connectivity index (χ0) is 14.0. The minimum Gasteiger partial charge on any atom is -0.299 e. The van der Waals surface area contributed by atoms with Crippen LogP contribution in [0.15, 0.2) is 15.9 Å². The SMILES string of the molecule is Cc1nn(C)c(C)c1CCC(=O)Cc1cc(Br)cs1. The summed E-state index contributed by atoms with van der Waals surface area (Å²) < 4.78 is 2.94. The van der Waals surface area contributed by atoms with Gasteiger partial charge in [0.1, 0.15) is 5.78 Å². The maximum Gasteiger partial charge on any atom is 0.138 e. The standard InChI is InChI=1S/C14H17BrN2OS/c1-9-14(10(2)17(3)16-9)5-4-12(18)7-13-6-11(15)8-19-13/h6,8H,4-5,7H2,1-3H3. The van der Waals surface area contributed by atoms with E-state index in [-0.39, 0.29) is 5.78 Å². The minimum atomic E-state index is 0.289. The van der Waals surface area contributed by atoms with E-state index in [1.54, 1.807) is 11.3 Å². The number of aryl methyl sites for hydroxylation is 2. The molecular weight excluding hydrogens is 324 g/mol. The van der Waals surface area contributed by atoms with Gasteiger partial charge in [0.25, 0.3) is 0 Å². The Bertz CT molecular complexity index is 601. The zero-order valence-electron chi connectivity index (χ0n) is 11.4. The van der Waals surface area contributed by atoms with Crippen molar-refractivity contribution in [3.63, 3.8) is 0 Å². The van der Waals surface area contributed by atoms with Crippen molar-refractivity contribution in [2.75, 3.05) is 0 Å². The molecule has 0 spiro atoms. The van der Waals surface area contributed by atoms with E-state index in [9.17, 15) is 4.79 Å². The summed E-state index contributed by atoms with van der Waals surface area (Å²) in [5, 5.41) is 6.39. The molecule has 3 nitrogen and oxygen atoms in total. The Hall–Kier alpha value is -0.940. The number of aromatic nitrogens is 2. The van der Waals surface area contributed by atoms with E-state index in [0.29, 0.717) is 12.8 Å². The maximum atomic E-state index is 12.0. The number of rotatable bonds is 5. The lowest BCUT2D eigenvalue weighted by Crippen LogP contribution is -2.04. The van der Waals surface area contributed by atoms with Gasteiger partial charge >= 0.3 is 0 Å². The van der Waals surface area contributed by atoms with Crippen molar-refractivity contribution in [2.45, 2.75) is 33.1 Å². The molecule has 0 fully saturated rings. The predicted molar refractivity (Wildman–Crippen MR) is 81.7 cm³/mol. The quantitative estimate of drug-likeness (QED) is 0.833. The van der Waals surface area contributed by atoms with Crippen molar-refractivity contribution in [3.05, 3.63) is 37.7 Å². The largest absolute Gasteiger partial charge is 0.299 e. The molecule has 19 heavy (non-hydrogen) atoms. The Balaban J connectivity index is 1.93. The Morgan fingerprint density at radius 3 is 2.74 bits per heavy atom. The molecule has 0 aromatic carbocycles. The Kier molecular flexibility index (Phi) is 4.58. The Morgan fingerprint density at radius 1 is 1.47 bits per heavy atom. The van der Waals surface area contributed by atoms with Crippen LogP contribution in [0.25, 0.3) is 0 Å². The molecule has 0 bridgehead atoms. The second kappa shape index (κ2) is 6.01. The van der Waals surface area contributed by atoms with E-state index in [0.717, 1.165) is 27.2 Å². The molecule has 2 rings (SSSR count).